The largest absolute Gasteiger partial charge is 0.493 e. The number of hydrogen-bond acceptors (Lipinski definition) is 4. The minimum absolute atomic E-state index is 0.0567. The number of benzene rings is 1. The first-order valence-corrected chi connectivity index (χ1v) is 6.57. The highest BCUT2D eigenvalue weighted by atomic mass is 16.5. The number of methoxy groups -OCH3 is 1. The summed E-state index contributed by atoms with van der Waals surface area (Å²) >= 11 is 0. The molecule has 0 saturated heterocycles. The molecule has 0 fully saturated rings. The lowest BCUT2D eigenvalue weighted by atomic mass is 10.2. The van der Waals surface area contributed by atoms with E-state index in [-0.39, 0.29) is 5.69 Å². The highest BCUT2D eigenvalue weighted by molar-refractivity contribution is 5.87. The summed E-state index contributed by atoms with van der Waals surface area (Å²) in [5.74, 6) is 0.779. The summed E-state index contributed by atoms with van der Waals surface area (Å²) in [7, 11) is 3.36. The Morgan fingerprint density at radius 3 is 2.62 bits per heavy atom. The topological polar surface area (TPSA) is 73.6 Å². The maximum absolute atomic E-state index is 11.2. The van der Waals surface area contributed by atoms with Gasteiger partial charge in [-0.15, -0.1) is 0 Å². The van der Waals surface area contributed by atoms with E-state index in [0.717, 1.165) is 5.56 Å². The fourth-order valence-corrected chi connectivity index (χ4v) is 2.12. The van der Waals surface area contributed by atoms with Crippen LogP contribution in [0.5, 0.6) is 11.5 Å². The molecule has 1 aromatic heterocycles. The number of rotatable bonds is 5. The average Bonchev–Trinajstić information content (AvgIpc) is 2.76. The molecule has 1 aromatic carbocycles. The molecule has 0 amide bonds. The van der Waals surface area contributed by atoms with E-state index in [0.29, 0.717) is 29.6 Å². The van der Waals surface area contributed by atoms with Gasteiger partial charge in [0.05, 0.1) is 13.7 Å². The molecule has 112 valence electrons. The van der Waals surface area contributed by atoms with Crippen LogP contribution in [0.1, 0.15) is 23.1 Å². The molecule has 0 atom stereocenters. The van der Waals surface area contributed by atoms with Gasteiger partial charge in [-0.1, -0.05) is 0 Å². The molecular weight excluding hydrogens is 272 g/mol. The molecule has 0 saturated carbocycles. The minimum Gasteiger partial charge on any atom is -0.493 e. The van der Waals surface area contributed by atoms with Gasteiger partial charge in [0.1, 0.15) is 5.82 Å². The van der Waals surface area contributed by atoms with Gasteiger partial charge in [0.25, 0.3) is 0 Å². The minimum atomic E-state index is -1.03. The van der Waals surface area contributed by atoms with E-state index in [1.54, 1.807) is 37.8 Å². The number of carboxylic acids is 1. The van der Waals surface area contributed by atoms with Crippen molar-refractivity contribution in [1.82, 2.24) is 9.55 Å². The van der Waals surface area contributed by atoms with Crippen LogP contribution in [-0.4, -0.2) is 34.3 Å². The van der Waals surface area contributed by atoms with E-state index in [1.807, 2.05) is 13.0 Å². The Morgan fingerprint density at radius 2 is 2.10 bits per heavy atom. The van der Waals surface area contributed by atoms with Gasteiger partial charge in [0.15, 0.2) is 17.2 Å². The summed E-state index contributed by atoms with van der Waals surface area (Å²) in [4.78, 5) is 15.4. The Hall–Kier alpha value is -2.50. The third kappa shape index (κ3) is 2.69. The number of nitrogens with zero attached hydrogens (tertiary/aromatic N) is 2. The van der Waals surface area contributed by atoms with Crippen LogP contribution in [0, 0.1) is 6.92 Å². The van der Waals surface area contributed by atoms with Gasteiger partial charge in [0.2, 0.25) is 0 Å². The van der Waals surface area contributed by atoms with Crippen molar-refractivity contribution in [2.24, 2.45) is 7.05 Å². The smallest absolute Gasteiger partial charge is 0.356 e. The van der Waals surface area contributed by atoms with E-state index >= 15 is 0 Å². The number of carbonyl (C=O) groups is 1. The quantitative estimate of drug-likeness (QED) is 0.915. The van der Waals surface area contributed by atoms with Crippen molar-refractivity contribution in [2.75, 3.05) is 13.7 Å². The summed E-state index contributed by atoms with van der Waals surface area (Å²) in [5.41, 5.74) is 1.44. The normalized spacial score (nSPS) is 10.5. The molecule has 1 N–H and O–H groups in total. The lowest BCUT2D eigenvalue weighted by Crippen LogP contribution is -2.00. The van der Waals surface area contributed by atoms with E-state index in [9.17, 15) is 4.79 Å². The molecule has 2 rings (SSSR count). The molecule has 2 aromatic rings. The zero-order chi connectivity index (χ0) is 15.6. The first-order chi connectivity index (χ1) is 9.99. The van der Waals surface area contributed by atoms with Gasteiger partial charge in [0, 0.05) is 18.3 Å². The Kier molecular flexibility index (Phi) is 4.16. The summed E-state index contributed by atoms with van der Waals surface area (Å²) in [6.45, 7) is 4.13. The molecular formula is C15H18N2O4. The van der Waals surface area contributed by atoms with Crippen LogP contribution in [0.4, 0.5) is 0 Å². The fraction of sp³-hybridized carbons (Fsp3) is 0.333. The van der Waals surface area contributed by atoms with Crippen molar-refractivity contribution >= 4 is 5.97 Å². The first kappa shape index (κ1) is 14.9. The van der Waals surface area contributed by atoms with Gasteiger partial charge >= 0.3 is 5.97 Å². The third-order valence-electron chi connectivity index (χ3n) is 3.31. The van der Waals surface area contributed by atoms with Gasteiger partial charge in [-0.3, -0.25) is 0 Å². The Balaban J connectivity index is 2.54. The highest BCUT2D eigenvalue weighted by Crippen LogP contribution is 2.32. The molecule has 0 spiro atoms. The fourth-order valence-electron chi connectivity index (χ4n) is 2.12. The van der Waals surface area contributed by atoms with Crippen LogP contribution in [0.25, 0.3) is 11.4 Å². The van der Waals surface area contributed by atoms with Crippen LogP contribution in [0.2, 0.25) is 0 Å². The summed E-state index contributed by atoms with van der Waals surface area (Å²) in [5, 5.41) is 9.15. The second-order valence-electron chi connectivity index (χ2n) is 4.53. The van der Waals surface area contributed by atoms with Gasteiger partial charge < -0.3 is 19.1 Å². The van der Waals surface area contributed by atoms with Gasteiger partial charge in [-0.05, 0) is 32.0 Å². The molecule has 0 bridgehead atoms. The predicted molar refractivity (Wildman–Crippen MR) is 78.1 cm³/mol. The number of aromatic carboxylic acids is 1. The molecule has 0 aliphatic heterocycles. The zero-order valence-corrected chi connectivity index (χ0v) is 12.5. The molecule has 0 aliphatic carbocycles. The lowest BCUT2D eigenvalue weighted by Gasteiger charge is -2.11. The maximum Gasteiger partial charge on any atom is 0.356 e. The number of carboxylic acid groups (broad SMARTS) is 1. The standard InChI is InChI=1S/C15H18N2O4/c1-5-21-12-8-10(6-7-11(12)20-4)14-16-13(15(18)19)9(2)17(14)3/h6-8H,5H2,1-4H3,(H,18,19). The van der Waals surface area contributed by atoms with Crippen LogP contribution < -0.4 is 9.47 Å². The van der Waals surface area contributed by atoms with Crippen molar-refractivity contribution < 1.29 is 19.4 Å². The summed E-state index contributed by atoms with van der Waals surface area (Å²) in [6.07, 6.45) is 0. The van der Waals surface area contributed by atoms with Gasteiger partial charge in [-0.2, -0.15) is 0 Å². The molecule has 21 heavy (non-hydrogen) atoms. The molecule has 6 heteroatoms. The predicted octanol–water partition coefficient (Wildman–Crippen LogP) is 2.50. The monoisotopic (exact) mass is 290 g/mol. The Bertz CT molecular complexity index is 677. The number of ether oxygens (including phenoxy) is 2. The average molecular weight is 290 g/mol. The van der Waals surface area contributed by atoms with Crippen molar-refractivity contribution in [3.63, 3.8) is 0 Å². The summed E-state index contributed by atoms with van der Waals surface area (Å²) in [6, 6.07) is 5.41. The first-order valence-electron chi connectivity index (χ1n) is 6.57. The van der Waals surface area contributed by atoms with E-state index in [2.05, 4.69) is 4.98 Å². The Morgan fingerprint density at radius 1 is 1.38 bits per heavy atom. The SMILES string of the molecule is CCOc1cc(-c2nc(C(=O)O)c(C)n2C)ccc1OC. The van der Waals surface area contributed by atoms with Crippen LogP contribution in [-0.2, 0) is 7.05 Å². The molecule has 0 unspecified atom stereocenters. The van der Waals surface area contributed by atoms with Crippen LogP contribution in [0.15, 0.2) is 18.2 Å². The third-order valence-corrected chi connectivity index (χ3v) is 3.31. The maximum atomic E-state index is 11.2. The number of imidazole rings is 1. The van der Waals surface area contributed by atoms with Crippen molar-refractivity contribution in [1.29, 1.82) is 0 Å². The van der Waals surface area contributed by atoms with Gasteiger partial charge in [-0.25, -0.2) is 9.78 Å². The summed E-state index contributed by atoms with van der Waals surface area (Å²) < 4.78 is 12.5. The second kappa shape index (κ2) is 5.87. The lowest BCUT2D eigenvalue weighted by molar-refractivity contribution is 0.0690. The van der Waals surface area contributed by atoms with E-state index in [4.69, 9.17) is 14.6 Å². The molecule has 0 radical (unpaired) electrons. The number of hydrogen-bond donors (Lipinski definition) is 1. The molecule has 0 aliphatic rings. The highest BCUT2D eigenvalue weighted by Gasteiger charge is 2.18. The van der Waals surface area contributed by atoms with Crippen molar-refractivity contribution in [3.8, 4) is 22.9 Å². The second-order valence-corrected chi connectivity index (χ2v) is 4.53. The molecule has 6 nitrogen and oxygen atoms in total. The van der Waals surface area contributed by atoms with Crippen molar-refractivity contribution in [2.45, 2.75) is 13.8 Å². The zero-order valence-electron chi connectivity index (χ0n) is 12.5. The number of aromatic nitrogens is 2. The van der Waals surface area contributed by atoms with Crippen LogP contribution >= 0.6 is 0 Å². The van der Waals surface area contributed by atoms with E-state index in [1.165, 1.54) is 0 Å². The van der Waals surface area contributed by atoms with Crippen LogP contribution in [0.3, 0.4) is 0 Å². The Labute approximate surface area is 122 Å². The van der Waals surface area contributed by atoms with Crippen molar-refractivity contribution in [3.05, 3.63) is 29.6 Å². The molecule has 1 heterocycles. The van der Waals surface area contributed by atoms with E-state index < -0.39 is 5.97 Å².